The van der Waals surface area contributed by atoms with E-state index in [9.17, 15) is 4.79 Å². The number of nitrogens with one attached hydrogen (secondary N) is 1. The van der Waals surface area contributed by atoms with E-state index in [4.69, 9.17) is 22.1 Å². The Bertz CT molecular complexity index is 855. The molecule has 0 saturated carbocycles. The van der Waals surface area contributed by atoms with Gasteiger partial charge in [0.25, 0.3) is 0 Å². The van der Waals surface area contributed by atoms with Crippen LogP contribution in [0.25, 0.3) is 5.65 Å². The Hall–Kier alpha value is -2.54. The van der Waals surface area contributed by atoms with Crippen LogP contribution in [0.1, 0.15) is 5.82 Å². The minimum Gasteiger partial charge on any atom is -0.439 e. The normalized spacial score (nSPS) is 10.9. The largest absolute Gasteiger partial charge is 0.439 e. The van der Waals surface area contributed by atoms with Crippen LogP contribution in [0.15, 0.2) is 29.1 Å². The maximum atomic E-state index is 11.5. The van der Waals surface area contributed by atoms with Gasteiger partial charge in [-0.3, -0.25) is 0 Å². The molecule has 0 spiro atoms. The van der Waals surface area contributed by atoms with Gasteiger partial charge in [-0.1, -0.05) is 11.6 Å². The average Bonchev–Trinajstić information content (AvgIpc) is 2.76. The van der Waals surface area contributed by atoms with Crippen molar-refractivity contribution in [1.82, 2.24) is 19.6 Å². The number of rotatable bonds is 2. The van der Waals surface area contributed by atoms with Crippen molar-refractivity contribution in [2.45, 2.75) is 6.92 Å². The minimum absolute atomic E-state index is 0.315. The zero-order chi connectivity index (χ0) is 14.3. The van der Waals surface area contributed by atoms with Gasteiger partial charge in [0.2, 0.25) is 5.88 Å². The van der Waals surface area contributed by atoms with Crippen molar-refractivity contribution in [2.24, 2.45) is 0 Å². The lowest BCUT2D eigenvalue weighted by molar-refractivity contribution is 0.460. The van der Waals surface area contributed by atoms with E-state index in [0.29, 0.717) is 33.8 Å². The van der Waals surface area contributed by atoms with Gasteiger partial charge in [0.15, 0.2) is 5.65 Å². The van der Waals surface area contributed by atoms with Gasteiger partial charge < -0.3 is 10.5 Å². The fraction of sp³-hybridized carbons (Fsp3) is 0.0833. The monoisotopic (exact) mass is 291 g/mol. The van der Waals surface area contributed by atoms with Crippen LogP contribution in [0, 0.1) is 6.92 Å². The summed E-state index contributed by atoms with van der Waals surface area (Å²) in [4.78, 5) is 15.7. The van der Waals surface area contributed by atoms with Crippen molar-refractivity contribution in [2.75, 3.05) is 5.73 Å². The molecule has 8 heteroatoms. The van der Waals surface area contributed by atoms with E-state index in [-0.39, 0.29) is 5.69 Å². The molecule has 0 bridgehead atoms. The fourth-order valence-corrected chi connectivity index (χ4v) is 1.99. The van der Waals surface area contributed by atoms with E-state index in [1.165, 1.54) is 4.40 Å². The molecule has 20 heavy (non-hydrogen) atoms. The van der Waals surface area contributed by atoms with Crippen LogP contribution in [-0.2, 0) is 0 Å². The Morgan fingerprint density at radius 1 is 1.40 bits per heavy atom. The molecule has 3 rings (SSSR count). The first-order chi connectivity index (χ1) is 9.54. The molecule has 0 radical (unpaired) electrons. The van der Waals surface area contributed by atoms with Gasteiger partial charge in [-0.25, -0.2) is 14.3 Å². The van der Waals surface area contributed by atoms with Gasteiger partial charge in [0.1, 0.15) is 11.6 Å². The predicted molar refractivity (Wildman–Crippen MR) is 74.3 cm³/mol. The van der Waals surface area contributed by atoms with Gasteiger partial charge in [0, 0.05) is 12.1 Å². The standard InChI is InChI=1S/C12H10ClN5O2/c1-6-15-11(5-10-16-17-12(19)18(6)10)20-7-2-3-9(14)8(13)4-7/h2-5H,14H2,1H3,(H,17,19). The highest BCUT2D eigenvalue weighted by molar-refractivity contribution is 6.33. The number of halogens is 1. The third kappa shape index (κ3) is 2.08. The van der Waals surface area contributed by atoms with Crippen LogP contribution in [-0.4, -0.2) is 19.6 Å². The van der Waals surface area contributed by atoms with Gasteiger partial charge >= 0.3 is 5.69 Å². The molecule has 0 aliphatic rings. The fourth-order valence-electron chi connectivity index (χ4n) is 1.82. The number of aromatic amines is 1. The summed E-state index contributed by atoms with van der Waals surface area (Å²) >= 11 is 5.92. The molecule has 0 atom stereocenters. The van der Waals surface area contributed by atoms with E-state index >= 15 is 0 Å². The van der Waals surface area contributed by atoms with Crippen LogP contribution < -0.4 is 16.2 Å². The van der Waals surface area contributed by atoms with Crippen molar-refractivity contribution in [3.05, 3.63) is 45.6 Å². The quantitative estimate of drug-likeness (QED) is 0.701. The van der Waals surface area contributed by atoms with Crippen molar-refractivity contribution >= 4 is 22.9 Å². The third-order valence-electron chi connectivity index (χ3n) is 2.74. The minimum atomic E-state index is -0.341. The average molecular weight is 292 g/mol. The number of anilines is 1. The van der Waals surface area contributed by atoms with E-state index in [1.807, 2.05) is 0 Å². The Labute approximate surface area is 118 Å². The molecular formula is C12H10ClN5O2. The highest BCUT2D eigenvalue weighted by Gasteiger charge is 2.09. The molecular weight excluding hydrogens is 282 g/mol. The summed E-state index contributed by atoms with van der Waals surface area (Å²) in [7, 11) is 0. The van der Waals surface area contributed by atoms with Crippen molar-refractivity contribution in [3.8, 4) is 11.6 Å². The summed E-state index contributed by atoms with van der Waals surface area (Å²) in [6.07, 6.45) is 0. The topological polar surface area (TPSA) is 98.3 Å². The Balaban J connectivity index is 2.02. The molecule has 0 saturated heterocycles. The van der Waals surface area contributed by atoms with Crippen LogP contribution >= 0.6 is 11.6 Å². The Morgan fingerprint density at radius 2 is 2.20 bits per heavy atom. The molecule has 0 fully saturated rings. The molecule has 0 aliphatic heterocycles. The number of hydrogen-bond acceptors (Lipinski definition) is 5. The molecule has 2 aromatic heterocycles. The summed E-state index contributed by atoms with van der Waals surface area (Å²) in [6.45, 7) is 1.69. The summed E-state index contributed by atoms with van der Waals surface area (Å²) in [5, 5.41) is 6.62. The summed E-state index contributed by atoms with van der Waals surface area (Å²) < 4.78 is 6.94. The second-order valence-electron chi connectivity index (χ2n) is 4.15. The first-order valence-electron chi connectivity index (χ1n) is 5.72. The van der Waals surface area contributed by atoms with Crippen LogP contribution in [0.5, 0.6) is 11.6 Å². The molecule has 3 aromatic rings. The maximum Gasteiger partial charge on any atom is 0.349 e. The van der Waals surface area contributed by atoms with E-state index in [1.54, 1.807) is 31.2 Å². The number of nitrogens with zero attached hydrogens (tertiary/aromatic N) is 3. The molecule has 2 heterocycles. The number of hydrogen-bond donors (Lipinski definition) is 2. The van der Waals surface area contributed by atoms with Crippen LogP contribution in [0.4, 0.5) is 5.69 Å². The highest BCUT2D eigenvalue weighted by Crippen LogP contribution is 2.27. The predicted octanol–water partition coefficient (Wildman–Crippen LogP) is 1.75. The summed E-state index contributed by atoms with van der Waals surface area (Å²) in [5.74, 6) is 1.28. The lowest BCUT2D eigenvalue weighted by atomic mass is 10.3. The SMILES string of the molecule is Cc1nc(Oc2ccc(N)c(Cl)c2)cc2n[nH]c(=O)n12. The zero-order valence-corrected chi connectivity index (χ0v) is 11.2. The van der Waals surface area contributed by atoms with Gasteiger partial charge in [-0.15, -0.1) is 0 Å². The van der Waals surface area contributed by atoms with Crippen molar-refractivity contribution in [1.29, 1.82) is 0 Å². The number of nitrogens with two attached hydrogens (primary N) is 1. The highest BCUT2D eigenvalue weighted by atomic mass is 35.5. The first kappa shape index (κ1) is 12.5. The number of benzene rings is 1. The lowest BCUT2D eigenvalue weighted by Gasteiger charge is -2.07. The van der Waals surface area contributed by atoms with E-state index in [2.05, 4.69) is 15.2 Å². The summed E-state index contributed by atoms with van der Waals surface area (Å²) in [6, 6.07) is 6.46. The summed E-state index contributed by atoms with van der Waals surface area (Å²) in [5.41, 5.74) is 6.19. The van der Waals surface area contributed by atoms with E-state index < -0.39 is 0 Å². The number of H-pyrrole nitrogens is 1. The lowest BCUT2D eigenvalue weighted by Crippen LogP contribution is -2.13. The van der Waals surface area contributed by atoms with Crippen LogP contribution in [0.2, 0.25) is 5.02 Å². The molecule has 3 N–H and O–H groups in total. The second-order valence-corrected chi connectivity index (χ2v) is 4.56. The second kappa shape index (κ2) is 4.53. The number of ether oxygens (including phenoxy) is 1. The number of aromatic nitrogens is 4. The molecule has 0 unspecified atom stereocenters. The van der Waals surface area contributed by atoms with Gasteiger partial charge in [-0.05, 0) is 19.1 Å². The van der Waals surface area contributed by atoms with Crippen LogP contribution in [0.3, 0.4) is 0 Å². The molecule has 1 aromatic carbocycles. The van der Waals surface area contributed by atoms with E-state index in [0.717, 1.165) is 0 Å². The smallest absolute Gasteiger partial charge is 0.349 e. The number of fused-ring (bicyclic) bond motifs is 1. The molecule has 7 nitrogen and oxygen atoms in total. The maximum absolute atomic E-state index is 11.5. The van der Waals surface area contributed by atoms with Gasteiger partial charge in [-0.2, -0.15) is 10.1 Å². The first-order valence-corrected chi connectivity index (χ1v) is 6.10. The van der Waals surface area contributed by atoms with Crippen molar-refractivity contribution in [3.63, 3.8) is 0 Å². The Kier molecular flexibility index (Phi) is 2.83. The number of aryl methyl sites for hydroxylation is 1. The molecule has 0 amide bonds. The zero-order valence-electron chi connectivity index (χ0n) is 10.4. The van der Waals surface area contributed by atoms with Gasteiger partial charge in [0.05, 0.1) is 10.7 Å². The molecule has 102 valence electrons. The third-order valence-corrected chi connectivity index (χ3v) is 3.07. The van der Waals surface area contributed by atoms with Crippen molar-refractivity contribution < 1.29 is 4.74 Å². The number of nitrogen functional groups attached to an aromatic ring is 1. The molecule has 0 aliphatic carbocycles. The Morgan fingerprint density at radius 3 is 2.95 bits per heavy atom.